The number of hydrogen-bond acceptors (Lipinski definition) is 2. The predicted octanol–water partition coefficient (Wildman–Crippen LogP) is 4.70. The number of hydrogen-bond donors (Lipinski definition) is 0. The Morgan fingerprint density at radius 3 is 1.88 bits per heavy atom. The standard InChI is InChI=1S/C21H16O2S/c22-21(18-7-3-1-4-8-18)19-13-11-17(12-14-19)15-16-24(23)20-9-5-2-6-10-20/h1-16H. The zero-order chi connectivity index (χ0) is 16.8. The molecule has 0 radical (unpaired) electrons. The third-order valence-electron chi connectivity index (χ3n) is 3.57. The third-order valence-corrected chi connectivity index (χ3v) is 4.69. The highest BCUT2D eigenvalue weighted by atomic mass is 32.2. The zero-order valence-electron chi connectivity index (χ0n) is 13.0. The van der Waals surface area contributed by atoms with Crippen molar-refractivity contribution in [1.82, 2.24) is 0 Å². The van der Waals surface area contributed by atoms with Gasteiger partial charge in [-0.15, -0.1) is 0 Å². The first-order valence-electron chi connectivity index (χ1n) is 7.58. The highest BCUT2D eigenvalue weighted by Gasteiger charge is 2.07. The lowest BCUT2D eigenvalue weighted by molar-refractivity contribution is 0.103. The molecule has 3 heteroatoms. The lowest BCUT2D eigenvalue weighted by Crippen LogP contribution is -2.00. The summed E-state index contributed by atoms with van der Waals surface area (Å²) >= 11 is 0. The summed E-state index contributed by atoms with van der Waals surface area (Å²) in [6, 6.07) is 25.8. The van der Waals surface area contributed by atoms with Crippen LogP contribution < -0.4 is 0 Å². The monoisotopic (exact) mass is 332 g/mol. The van der Waals surface area contributed by atoms with Gasteiger partial charge in [-0.1, -0.05) is 72.8 Å². The largest absolute Gasteiger partial charge is 0.289 e. The molecule has 0 saturated carbocycles. The molecule has 0 saturated heterocycles. The van der Waals surface area contributed by atoms with E-state index in [4.69, 9.17) is 0 Å². The van der Waals surface area contributed by atoms with Crippen LogP contribution >= 0.6 is 0 Å². The van der Waals surface area contributed by atoms with Gasteiger partial charge in [0.2, 0.25) is 0 Å². The molecule has 0 aliphatic heterocycles. The van der Waals surface area contributed by atoms with Crippen LogP contribution in [0.3, 0.4) is 0 Å². The van der Waals surface area contributed by atoms with Gasteiger partial charge in [-0.3, -0.25) is 4.79 Å². The van der Waals surface area contributed by atoms with Crippen LogP contribution in [0, 0.1) is 0 Å². The van der Waals surface area contributed by atoms with E-state index in [1.807, 2.05) is 60.7 Å². The Labute approximate surface area is 143 Å². The van der Waals surface area contributed by atoms with Gasteiger partial charge in [0.25, 0.3) is 0 Å². The van der Waals surface area contributed by atoms with Gasteiger partial charge in [-0.05, 0) is 23.8 Å². The van der Waals surface area contributed by atoms with E-state index in [0.29, 0.717) is 11.1 Å². The minimum atomic E-state index is -1.18. The number of carbonyl (C=O) groups is 1. The summed E-state index contributed by atoms with van der Waals surface area (Å²) in [5.41, 5.74) is 2.22. The first-order valence-corrected chi connectivity index (χ1v) is 8.79. The van der Waals surface area contributed by atoms with Crippen LogP contribution in [0.2, 0.25) is 0 Å². The molecule has 1 atom stereocenters. The van der Waals surface area contributed by atoms with E-state index in [2.05, 4.69) is 0 Å². The van der Waals surface area contributed by atoms with Gasteiger partial charge in [-0.25, -0.2) is 4.21 Å². The molecule has 118 valence electrons. The Balaban J connectivity index is 1.72. The van der Waals surface area contributed by atoms with Crippen LogP contribution in [-0.2, 0) is 10.8 Å². The summed E-state index contributed by atoms with van der Waals surface area (Å²) in [6.45, 7) is 0. The van der Waals surface area contributed by atoms with E-state index in [1.165, 1.54) is 0 Å². The lowest BCUT2D eigenvalue weighted by atomic mass is 10.0. The van der Waals surface area contributed by atoms with Crippen molar-refractivity contribution in [3.8, 4) is 0 Å². The molecule has 0 fully saturated rings. The molecule has 2 nitrogen and oxygen atoms in total. The Kier molecular flexibility index (Phi) is 5.14. The summed E-state index contributed by atoms with van der Waals surface area (Å²) in [5.74, 6) is -0.000934. The third kappa shape index (κ3) is 3.94. The molecule has 0 heterocycles. The van der Waals surface area contributed by atoms with E-state index in [-0.39, 0.29) is 5.78 Å². The smallest absolute Gasteiger partial charge is 0.193 e. The topological polar surface area (TPSA) is 34.1 Å². The van der Waals surface area contributed by atoms with Crippen molar-refractivity contribution in [2.24, 2.45) is 0 Å². The summed E-state index contributed by atoms with van der Waals surface area (Å²) in [7, 11) is -1.18. The molecular formula is C21H16O2S. The maximum atomic E-state index is 12.3. The maximum Gasteiger partial charge on any atom is 0.193 e. The fraction of sp³-hybridized carbons (Fsp3) is 0. The normalized spacial score (nSPS) is 12.2. The summed E-state index contributed by atoms with van der Waals surface area (Å²) < 4.78 is 12.1. The van der Waals surface area contributed by atoms with Crippen LogP contribution in [0.15, 0.2) is 95.2 Å². The molecular weight excluding hydrogens is 316 g/mol. The van der Waals surface area contributed by atoms with Crippen molar-refractivity contribution in [1.29, 1.82) is 0 Å². The molecule has 3 rings (SSSR count). The fourth-order valence-electron chi connectivity index (χ4n) is 2.28. The average molecular weight is 332 g/mol. The van der Waals surface area contributed by atoms with E-state index in [0.717, 1.165) is 10.5 Å². The lowest BCUT2D eigenvalue weighted by Gasteiger charge is -2.02. The first kappa shape index (κ1) is 16.1. The first-order chi connectivity index (χ1) is 11.7. The minimum absolute atomic E-state index is 0.000934. The molecule has 0 aromatic heterocycles. The zero-order valence-corrected chi connectivity index (χ0v) is 13.8. The molecule has 0 bridgehead atoms. The SMILES string of the molecule is O=C(c1ccccc1)c1ccc(C=CS(=O)c2ccccc2)cc1. The summed E-state index contributed by atoms with van der Waals surface area (Å²) in [5, 5.41) is 1.66. The van der Waals surface area contributed by atoms with Gasteiger partial charge in [-0.2, -0.15) is 0 Å². The second-order valence-corrected chi connectivity index (χ2v) is 6.57. The van der Waals surface area contributed by atoms with Gasteiger partial charge < -0.3 is 0 Å². The number of benzene rings is 3. The van der Waals surface area contributed by atoms with Crippen molar-refractivity contribution >= 4 is 22.7 Å². The Bertz CT molecular complexity index is 867. The molecule has 0 aliphatic rings. The average Bonchev–Trinajstić information content (AvgIpc) is 2.67. The summed E-state index contributed by atoms with van der Waals surface area (Å²) in [6.07, 6.45) is 1.81. The predicted molar refractivity (Wildman–Crippen MR) is 98.2 cm³/mol. The van der Waals surface area contributed by atoms with E-state index in [1.54, 1.807) is 35.7 Å². The van der Waals surface area contributed by atoms with Crippen molar-refractivity contribution in [2.75, 3.05) is 0 Å². The van der Waals surface area contributed by atoms with Gasteiger partial charge in [0.15, 0.2) is 5.78 Å². The van der Waals surface area contributed by atoms with Crippen LogP contribution in [0.25, 0.3) is 6.08 Å². The molecule has 3 aromatic rings. The second-order valence-electron chi connectivity index (χ2n) is 5.23. The Morgan fingerprint density at radius 2 is 1.25 bits per heavy atom. The molecule has 0 aliphatic carbocycles. The minimum Gasteiger partial charge on any atom is -0.289 e. The highest BCUT2D eigenvalue weighted by Crippen LogP contribution is 2.13. The van der Waals surface area contributed by atoms with Crippen LogP contribution in [0.5, 0.6) is 0 Å². The van der Waals surface area contributed by atoms with Crippen molar-refractivity contribution < 1.29 is 9.00 Å². The van der Waals surface area contributed by atoms with Gasteiger partial charge in [0, 0.05) is 21.4 Å². The van der Waals surface area contributed by atoms with Crippen LogP contribution in [-0.4, -0.2) is 9.99 Å². The maximum absolute atomic E-state index is 12.3. The molecule has 24 heavy (non-hydrogen) atoms. The van der Waals surface area contributed by atoms with Crippen molar-refractivity contribution in [3.63, 3.8) is 0 Å². The molecule has 0 N–H and O–H groups in total. The number of ketones is 1. The molecule has 3 aromatic carbocycles. The van der Waals surface area contributed by atoms with Crippen LogP contribution in [0.4, 0.5) is 0 Å². The number of carbonyl (C=O) groups excluding carboxylic acids is 1. The van der Waals surface area contributed by atoms with Crippen molar-refractivity contribution in [2.45, 2.75) is 4.90 Å². The quantitative estimate of drug-likeness (QED) is 0.635. The molecule has 1 unspecified atom stereocenters. The van der Waals surface area contributed by atoms with Crippen LogP contribution in [0.1, 0.15) is 21.5 Å². The fourth-order valence-corrected chi connectivity index (χ4v) is 3.14. The summed E-state index contributed by atoms with van der Waals surface area (Å²) in [4.78, 5) is 13.1. The van der Waals surface area contributed by atoms with Gasteiger partial charge >= 0.3 is 0 Å². The second kappa shape index (κ2) is 7.66. The number of rotatable bonds is 5. The van der Waals surface area contributed by atoms with E-state index >= 15 is 0 Å². The van der Waals surface area contributed by atoms with E-state index < -0.39 is 10.8 Å². The molecule has 0 amide bonds. The molecule has 0 spiro atoms. The Morgan fingerprint density at radius 1 is 0.708 bits per heavy atom. The van der Waals surface area contributed by atoms with E-state index in [9.17, 15) is 9.00 Å². The van der Waals surface area contributed by atoms with Gasteiger partial charge in [0.05, 0.1) is 10.8 Å². The highest BCUT2D eigenvalue weighted by molar-refractivity contribution is 7.88. The van der Waals surface area contributed by atoms with Gasteiger partial charge in [0.1, 0.15) is 0 Å². The Hall–Kier alpha value is -2.78. The van der Waals surface area contributed by atoms with Crippen molar-refractivity contribution in [3.05, 3.63) is 107 Å².